The van der Waals surface area contributed by atoms with Crippen LogP contribution in [0.3, 0.4) is 0 Å². The highest BCUT2D eigenvalue weighted by molar-refractivity contribution is 6.30. The van der Waals surface area contributed by atoms with Crippen LogP contribution in [0.4, 0.5) is 5.69 Å². The molecule has 0 amide bonds. The average Bonchev–Trinajstić information content (AvgIpc) is 2.30. The van der Waals surface area contributed by atoms with Crippen molar-refractivity contribution in [2.75, 3.05) is 38.3 Å². The Morgan fingerprint density at radius 2 is 1.75 bits per heavy atom. The summed E-state index contributed by atoms with van der Waals surface area (Å²) in [5, 5.41) is 3.99. The van der Waals surface area contributed by atoms with E-state index < -0.39 is 0 Å². The molecular weight excluding hydrogens is 226 g/mol. The summed E-state index contributed by atoms with van der Waals surface area (Å²) in [6.45, 7) is 5.49. The maximum Gasteiger partial charge on any atom is 0.0701 e. The zero-order valence-electron chi connectivity index (χ0n) is 9.54. The second kappa shape index (κ2) is 8.39. The third-order valence-electron chi connectivity index (χ3n) is 2.00. The van der Waals surface area contributed by atoms with E-state index in [1.807, 2.05) is 31.2 Å². The Labute approximate surface area is 102 Å². The van der Waals surface area contributed by atoms with Gasteiger partial charge in [-0.1, -0.05) is 11.6 Å². The van der Waals surface area contributed by atoms with Gasteiger partial charge in [0.1, 0.15) is 0 Å². The molecular formula is C12H18ClNO2. The van der Waals surface area contributed by atoms with E-state index in [2.05, 4.69) is 5.32 Å². The predicted octanol–water partition coefficient (Wildman–Crippen LogP) is 2.81. The SMILES string of the molecule is CCOCCOCCNc1ccc(Cl)cc1. The van der Waals surface area contributed by atoms with Gasteiger partial charge < -0.3 is 14.8 Å². The van der Waals surface area contributed by atoms with Crippen LogP contribution in [0.1, 0.15) is 6.92 Å². The maximum atomic E-state index is 5.78. The average molecular weight is 244 g/mol. The van der Waals surface area contributed by atoms with Gasteiger partial charge in [0, 0.05) is 23.9 Å². The third kappa shape index (κ3) is 5.95. The molecule has 1 N–H and O–H groups in total. The van der Waals surface area contributed by atoms with E-state index in [1.54, 1.807) is 0 Å². The summed E-state index contributed by atoms with van der Waals surface area (Å²) >= 11 is 5.78. The molecule has 0 spiro atoms. The van der Waals surface area contributed by atoms with Crippen molar-refractivity contribution in [3.05, 3.63) is 29.3 Å². The minimum atomic E-state index is 0.649. The highest BCUT2D eigenvalue weighted by Crippen LogP contribution is 2.12. The van der Waals surface area contributed by atoms with Crippen molar-refractivity contribution in [2.24, 2.45) is 0 Å². The normalized spacial score (nSPS) is 10.4. The molecule has 1 rings (SSSR count). The summed E-state index contributed by atoms with van der Waals surface area (Å²) in [6, 6.07) is 7.62. The molecule has 0 fully saturated rings. The molecule has 1 aromatic rings. The minimum Gasteiger partial charge on any atom is -0.383 e. The van der Waals surface area contributed by atoms with Crippen LogP contribution >= 0.6 is 11.6 Å². The van der Waals surface area contributed by atoms with Gasteiger partial charge in [0.05, 0.1) is 19.8 Å². The minimum absolute atomic E-state index is 0.649. The molecule has 0 unspecified atom stereocenters. The van der Waals surface area contributed by atoms with Crippen LogP contribution in [-0.2, 0) is 9.47 Å². The van der Waals surface area contributed by atoms with Crippen LogP contribution in [0.5, 0.6) is 0 Å². The van der Waals surface area contributed by atoms with Crippen LogP contribution < -0.4 is 5.32 Å². The second-order valence-corrected chi connectivity index (χ2v) is 3.68. The van der Waals surface area contributed by atoms with Gasteiger partial charge in [-0.05, 0) is 31.2 Å². The number of hydrogen-bond acceptors (Lipinski definition) is 3. The second-order valence-electron chi connectivity index (χ2n) is 3.24. The number of nitrogens with one attached hydrogen (secondary N) is 1. The molecule has 0 aliphatic carbocycles. The van der Waals surface area contributed by atoms with Gasteiger partial charge in [0.25, 0.3) is 0 Å². The summed E-state index contributed by atoms with van der Waals surface area (Å²) in [5.41, 5.74) is 1.05. The molecule has 90 valence electrons. The Morgan fingerprint density at radius 3 is 2.44 bits per heavy atom. The standard InChI is InChI=1S/C12H18ClNO2/c1-2-15-9-10-16-8-7-14-12-5-3-11(13)4-6-12/h3-6,14H,2,7-10H2,1H3. The maximum absolute atomic E-state index is 5.78. The van der Waals surface area contributed by atoms with Gasteiger partial charge in [0.2, 0.25) is 0 Å². The summed E-state index contributed by atoms with van der Waals surface area (Å²) in [7, 11) is 0. The quantitative estimate of drug-likeness (QED) is 0.713. The lowest BCUT2D eigenvalue weighted by Gasteiger charge is -2.07. The number of hydrogen-bond donors (Lipinski definition) is 1. The van der Waals surface area contributed by atoms with Crippen molar-refractivity contribution in [1.29, 1.82) is 0 Å². The molecule has 0 bridgehead atoms. The largest absolute Gasteiger partial charge is 0.383 e. The first-order chi connectivity index (χ1) is 7.83. The Hall–Kier alpha value is -0.770. The van der Waals surface area contributed by atoms with Crippen LogP contribution in [-0.4, -0.2) is 33.0 Å². The fourth-order valence-electron chi connectivity index (χ4n) is 1.20. The Balaban J connectivity index is 2.01. The number of halogens is 1. The molecule has 4 heteroatoms. The first-order valence-corrected chi connectivity index (χ1v) is 5.85. The van der Waals surface area contributed by atoms with Crippen molar-refractivity contribution >= 4 is 17.3 Å². The van der Waals surface area contributed by atoms with Crippen molar-refractivity contribution in [1.82, 2.24) is 0 Å². The van der Waals surface area contributed by atoms with Gasteiger partial charge in [-0.2, -0.15) is 0 Å². The Bertz CT molecular complexity index is 277. The van der Waals surface area contributed by atoms with Gasteiger partial charge in [-0.25, -0.2) is 0 Å². The molecule has 0 heterocycles. The van der Waals surface area contributed by atoms with Gasteiger partial charge in [-0.15, -0.1) is 0 Å². The molecule has 3 nitrogen and oxygen atoms in total. The first kappa shape index (κ1) is 13.3. The monoisotopic (exact) mass is 243 g/mol. The van der Waals surface area contributed by atoms with E-state index in [-0.39, 0.29) is 0 Å². The van der Waals surface area contributed by atoms with Crippen molar-refractivity contribution < 1.29 is 9.47 Å². The van der Waals surface area contributed by atoms with Gasteiger partial charge in [0.15, 0.2) is 0 Å². The summed E-state index contributed by atoms with van der Waals surface area (Å²) in [5.74, 6) is 0. The molecule has 0 aromatic heterocycles. The molecule has 0 saturated carbocycles. The number of rotatable bonds is 8. The van der Waals surface area contributed by atoms with E-state index in [0.717, 1.165) is 23.9 Å². The van der Waals surface area contributed by atoms with E-state index in [4.69, 9.17) is 21.1 Å². The van der Waals surface area contributed by atoms with Crippen molar-refractivity contribution in [3.8, 4) is 0 Å². The van der Waals surface area contributed by atoms with E-state index in [0.29, 0.717) is 19.8 Å². The summed E-state index contributed by atoms with van der Waals surface area (Å²) in [6.07, 6.45) is 0. The topological polar surface area (TPSA) is 30.5 Å². The van der Waals surface area contributed by atoms with Gasteiger partial charge in [-0.3, -0.25) is 0 Å². The summed E-state index contributed by atoms with van der Waals surface area (Å²) in [4.78, 5) is 0. The fourth-order valence-corrected chi connectivity index (χ4v) is 1.33. The van der Waals surface area contributed by atoms with E-state index >= 15 is 0 Å². The van der Waals surface area contributed by atoms with Crippen LogP contribution in [0, 0.1) is 0 Å². The smallest absolute Gasteiger partial charge is 0.0701 e. The Kier molecular flexibility index (Phi) is 6.97. The van der Waals surface area contributed by atoms with Crippen LogP contribution in [0.2, 0.25) is 5.02 Å². The predicted molar refractivity (Wildman–Crippen MR) is 67.3 cm³/mol. The van der Waals surface area contributed by atoms with E-state index in [9.17, 15) is 0 Å². The zero-order chi connectivity index (χ0) is 11.6. The molecule has 0 saturated heterocycles. The lowest BCUT2D eigenvalue weighted by atomic mass is 10.3. The summed E-state index contributed by atoms with van der Waals surface area (Å²) < 4.78 is 10.5. The highest BCUT2D eigenvalue weighted by atomic mass is 35.5. The number of benzene rings is 1. The first-order valence-electron chi connectivity index (χ1n) is 5.48. The van der Waals surface area contributed by atoms with E-state index in [1.165, 1.54) is 0 Å². The number of ether oxygens (including phenoxy) is 2. The highest BCUT2D eigenvalue weighted by Gasteiger charge is 1.92. The Morgan fingerprint density at radius 1 is 1.06 bits per heavy atom. The lowest BCUT2D eigenvalue weighted by molar-refractivity contribution is 0.0570. The zero-order valence-corrected chi connectivity index (χ0v) is 10.3. The van der Waals surface area contributed by atoms with Crippen molar-refractivity contribution in [2.45, 2.75) is 6.92 Å². The molecule has 0 atom stereocenters. The fraction of sp³-hybridized carbons (Fsp3) is 0.500. The number of anilines is 1. The lowest BCUT2D eigenvalue weighted by Crippen LogP contribution is -2.12. The third-order valence-corrected chi connectivity index (χ3v) is 2.25. The molecule has 16 heavy (non-hydrogen) atoms. The van der Waals surface area contributed by atoms with Crippen LogP contribution in [0.25, 0.3) is 0 Å². The molecule has 0 aliphatic heterocycles. The van der Waals surface area contributed by atoms with Crippen molar-refractivity contribution in [3.63, 3.8) is 0 Å². The molecule has 1 aromatic carbocycles. The van der Waals surface area contributed by atoms with Gasteiger partial charge >= 0.3 is 0 Å². The van der Waals surface area contributed by atoms with Crippen LogP contribution in [0.15, 0.2) is 24.3 Å². The molecule has 0 aliphatic rings. The molecule has 0 radical (unpaired) electrons.